The number of rotatable bonds is 3. The van der Waals surface area contributed by atoms with Crippen molar-refractivity contribution in [2.75, 3.05) is 26.7 Å². The van der Waals surface area contributed by atoms with Gasteiger partial charge in [-0.3, -0.25) is 9.59 Å². The molecule has 2 heterocycles. The first-order chi connectivity index (χ1) is 11.5. The fourth-order valence-corrected chi connectivity index (χ4v) is 4.01. The lowest BCUT2D eigenvalue weighted by atomic mass is 9.74. The molecule has 2 fully saturated rings. The predicted molar refractivity (Wildman–Crippen MR) is 92.2 cm³/mol. The molecule has 1 aromatic rings. The minimum atomic E-state index is 0.0417. The zero-order chi connectivity index (χ0) is 17.2. The summed E-state index contributed by atoms with van der Waals surface area (Å²) in [7, 11) is 1.57. The van der Waals surface area contributed by atoms with Gasteiger partial charge in [-0.1, -0.05) is 23.7 Å². The maximum absolute atomic E-state index is 12.7. The number of piperidine rings is 2. The average Bonchev–Trinajstić information content (AvgIpc) is 2.60. The molecule has 2 amide bonds. The van der Waals surface area contributed by atoms with Crippen molar-refractivity contribution in [1.82, 2.24) is 10.2 Å². The number of carbonyl (C=O) groups is 2. The van der Waals surface area contributed by atoms with E-state index in [0.29, 0.717) is 30.3 Å². The Kier molecular flexibility index (Phi) is 4.99. The van der Waals surface area contributed by atoms with Crippen molar-refractivity contribution in [3.8, 4) is 5.75 Å². The number of benzene rings is 1. The van der Waals surface area contributed by atoms with Crippen LogP contribution in [0.1, 0.15) is 31.2 Å². The summed E-state index contributed by atoms with van der Waals surface area (Å²) in [5, 5.41) is 3.47. The molecule has 130 valence electrons. The number of amides is 2. The molecule has 0 aliphatic carbocycles. The van der Waals surface area contributed by atoms with Gasteiger partial charge in [0.05, 0.1) is 18.6 Å². The molecule has 1 N–H and O–H groups in total. The molecule has 2 aliphatic rings. The predicted octanol–water partition coefficient (Wildman–Crippen LogP) is 2.41. The standard InChI is InChI=1S/C18H23ClN2O3/c1-24-14-5-2-4-13(17(14)19)10-16(23)21-9-3-7-18(12-21)8-6-15(22)20-11-18/h2,4-5H,3,6-12H2,1H3,(H,20,22). The van der Waals surface area contributed by atoms with Crippen LogP contribution in [0.5, 0.6) is 5.75 Å². The highest BCUT2D eigenvalue weighted by Gasteiger charge is 2.39. The normalized spacial score (nSPS) is 23.9. The van der Waals surface area contributed by atoms with Crippen LogP contribution in [0.3, 0.4) is 0 Å². The summed E-state index contributed by atoms with van der Waals surface area (Å²) in [6, 6.07) is 5.50. The van der Waals surface area contributed by atoms with E-state index in [-0.39, 0.29) is 23.7 Å². The van der Waals surface area contributed by atoms with Crippen LogP contribution in [0, 0.1) is 5.41 Å². The molecule has 0 aromatic heterocycles. The van der Waals surface area contributed by atoms with Gasteiger partial charge in [-0.2, -0.15) is 0 Å². The maximum Gasteiger partial charge on any atom is 0.227 e. The number of hydrogen-bond acceptors (Lipinski definition) is 3. The Labute approximate surface area is 147 Å². The molecule has 6 heteroatoms. The van der Waals surface area contributed by atoms with Gasteiger partial charge in [0.1, 0.15) is 5.75 Å². The van der Waals surface area contributed by atoms with E-state index >= 15 is 0 Å². The minimum Gasteiger partial charge on any atom is -0.495 e. The molecule has 1 atom stereocenters. The van der Waals surface area contributed by atoms with Gasteiger partial charge in [0.25, 0.3) is 0 Å². The molecule has 1 spiro atoms. The zero-order valence-electron chi connectivity index (χ0n) is 13.9. The van der Waals surface area contributed by atoms with Gasteiger partial charge in [-0.25, -0.2) is 0 Å². The number of nitrogens with zero attached hydrogens (tertiary/aromatic N) is 1. The van der Waals surface area contributed by atoms with Gasteiger partial charge in [-0.05, 0) is 30.9 Å². The first-order valence-corrected chi connectivity index (χ1v) is 8.77. The molecule has 5 nitrogen and oxygen atoms in total. The van der Waals surface area contributed by atoms with Crippen molar-refractivity contribution < 1.29 is 14.3 Å². The number of likely N-dealkylation sites (tertiary alicyclic amines) is 1. The largest absolute Gasteiger partial charge is 0.495 e. The molecule has 3 rings (SSSR count). The lowest BCUT2D eigenvalue weighted by Gasteiger charge is -2.45. The third-order valence-corrected chi connectivity index (χ3v) is 5.59. The van der Waals surface area contributed by atoms with Crippen molar-refractivity contribution >= 4 is 23.4 Å². The molecule has 1 unspecified atom stereocenters. The van der Waals surface area contributed by atoms with Crippen LogP contribution in [-0.4, -0.2) is 43.5 Å². The van der Waals surface area contributed by atoms with Crippen molar-refractivity contribution in [3.63, 3.8) is 0 Å². The summed E-state index contributed by atoms with van der Waals surface area (Å²) < 4.78 is 5.22. The van der Waals surface area contributed by atoms with E-state index in [1.807, 2.05) is 17.0 Å². The van der Waals surface area contributed by atoms with Crippen LogP contribution >= 0.6 is 11.6 Å². The Morgan fingerprint density at radius 2 is 2.25 bits per heavy atom. The summed E-state index contributed by atoms with van der Waals surface area (Å²) in [6.07, 6.45) is 3.75. The van der Waals surface area contributed by atoms with Gasteiger partial charge in [0.2, 0.25) is 11.8 Å². The van der Waals surface area contributed by atoms with Crippen molar-refractivity contribution in [1.29, 1.82) is 0 Å². The smallest absolute Gasteiger partial charge is 0.227 e. The Morgan fingerprint density at radius 3 is 2.96 bits per heavy atom. The van der Waals surface area contributed by atoms with Gasteiger partial charge >= 0.3 is 0 Å². The number of carbonyl (C=O) groups excluding carboxylic acids is 2. The highest BCUT2D eigenvalue weighted by Crippen LogP contribution is 2.36. The van der Waals surface area contributed by atoms with Crippen molar-refractivity contribution in [2.24, 2.45) is 5.41 Å². The summed E-state index contributed by atoms with van der Waals surface area (Å²) in [4.78, 5) is 26.1. The molecular weight excluding hydrogens is 328 g/mol. The Balaban J connectivity index is 1.68. The van der Waals surface area contributed by atoms with Gasteiger partial charge in [0.15, 0.2) is 0 Å². The summed E-state index contributed by atoms with van der Waals surface area (Å²) >= 11 is 6.31. The Morgan fingerprint density at radius 1 is 1.42 bits per heavy atom. The van der Waals surface area contributed by atoms with Gasteiger partial charge in [0, 0.05) is 31.5 Å². The van der Waals surface area contributed by atoms with Crippen LogP contribution in [0.4, 0.5) is 0 Å². The highest BCUT2D eigenvalue weighted by atomic mass is 35.5. The fourth-order valence-electron chi connectivity index (χ4n) is 3.74. The third-order valence-electron chi connectivity index (χ3n) is 5.16. The molecule has 0 bridgehead atoms. The minimum absolute atomic E-state index is 0.0417. The highest BCUT2D eigenvalue weighted by molar-refractivity contribution is 6.33. The quantitative estimate of drug-likeness (QED) is 0.910. The summed E-state index contributed by atoms with van der Waals surface area (Å²) in [6.45, 7) is 2.17. The van der Waals surface area contributed by atoms with Crippen molar-refractivity contribution in [3.05, 3.63) is 28.8 Å². The maximum atomic E-state index is 12.7. The van der Waals surface area contributed by atoms with Crippen molar-refractivity contribution in [2.45, 2.75) is 32.1 Å². The third kappa shape index (κ3) is 3.51. The second kappa shape index (κ2) is 7.01. The van der Waals surface area contributed by atoms with Crippen LogP contribution in [0.15, 0.2) is 18.2 Å². The van der Waals surface area contributed by atoms with E-state index in [9.17, 15) is 9.59 Å². The SMILES string of the molecule is COc1cccc(CC(=O)N2CCCC3(CCC(=O)NC3)C2)c1Cl. The Hall–Kier alpha value is -1.75. The fraction of sp³-hybridized carbons (Fsp3) is 0.556. The number of ether oxygens (including phenoxy) is 1. The van der Waals surface area contributed by atoms with Gasteiger partial charge < -0.3 is 15.0 Å². The number of hydrogen-bond donors (Lipinski definition) is 1. The number of halogens is 1. The van der Waals surface area contributed by atoms with Crippen LogP contribution in [0.25, 0.3) is 0 Å². The molecule has 0 saturated carbocycles. The number of methoxy groups -OCH3 is 1. The topological polar surface area (TPSA) is 58.6 Å². The lowest BCUT2D eigenvalue weighted by molar-refractivity contribution is -0.135. The van der Waals surface area contributed by atoms with E-state index in [2.05, 4.69) is 5.32 Å². The molecule has 24 heavy (non-hydrogen) atoms. The number of nitrogens with one attached hydrogen (secondary N) is 1. The molecule has 1 aromatic carbocycles. The lowest BCUT2D eigenvalue weighted by Crippen LogP contribution is -2.54. The van der Waals surface area contributed by atoms with Crippen LogP contribution in [0.2, 0.25) is 5.02 Å². The van der Waals surface area contributed by atoms with E-state index in [0.717, 1.165) is 31.4 Å². The van der Waals surface area contributed by atoms with Crippen LogP contribution < -0.4 is 10.1 Å². The molecular formula is C18H23ClN2O3. The zero-order valence-corrected chi connectivity index (χ0v) is 14.7. The molecule has 2 aliphatic heterocycles. The average molecular weight is 351 g/mol. The second-order valence-corrected chi connectivity index (χ2v) is 7.18. The molecule has 0 radical (unpaired) electrons. The van der Waals surface area contributed by atoms with Gasteiger partial charge in [-0.15, -0.1) is 0 Å². The summed E-state index contributed by atoms with van der Waals surface area (Å²) in [5.74, 6) is 0.792. The first kappa shape index (κ1) is 17.1. The molecule has 2 saturated heterocycles. The monoisotopic (exact) mass is 350 g/mol. The van der Waals surface area contributed by atoms with E-state index in [1.54, 1.807) is 13.2 Å². The first-order valence-electron chi connectivity index (χ1n) is 8.39. The van der Waals surface area contributed by atoms with E-state index in [1.165, 1.54) is 0 Å². The summed E-state index contributed by atoms with van der Waals surface area (Å²) in [5.41, 5.74) is 0.831. The van der Waals surface area contributed by atoms with Crippen LogP contribution in [-0.2, 0) is 16.0 Å². The second-order valence-electron chi connectivity index (χ2n) is 6.81. The van der Waals surface area contributed by atoms with E-state index in [4.69, 9.17) is 16.3 Å². The van der Waals surface area contributed by atoms with E-state index < -0.39 is 0 Å². The Bertz CT molecular complexity index is 637.